The van der Waals surface area contributed by atoms with E-state index in [1.807, 2.05) is 0 Å². The predicted molar refractivity (Wildman–Crippen MR) is 60.5 cm³/mol. The normalized spacial score (nSPS) is 34.7. The Kier molecular flexibility index (Phi) is 2.75. The van der Waals surface area contributed by atoms with Gasteiger partial charge in [-0.25, -0.2) is 0 Å². The number of nitrogens with one attached hydrogen (secondary N) is 1. The van der Waals surface area contributed by atoms with Crippen molar-refractivity contribution in [2.45, 2.75) is 39.2 Å². The van der Waals surface area contributed by atoms with Crippen LogP contribution in [0, 0.1) is 11.8 Å². The quantitative estimate of drug-likeness (QED) is 0.706. The van der Waals surface area contributed by atoms with Crippen LogP contribution >= 0.6 is 0 Å². The molecule has 0 saturated carbocycles. The third-order valence-corrected chi connectivity index (χ3v) is 4.00. The van der Waals surface area contributed by atoms with Crippen LogP contribution in [0.25, 0.3) is 0 Å². The van der Waals surface area contributed by atoms with Gasteiger partial charge in [-0.1, -0.05) is 6.92 Å². The molecule has 2 aliphatic rings. The lowest BCUT2D eigenvalue weighted by Gasteiger charge is -2.34. The second-order valence-electron chi connectivity index (χ2n) is 5.65. The monoisotopic (exact) mass is 210 g/mol. The lowest BCUT2D eigenvalue weighted by Crippen LogP contribution is -2.47. The number of nitrogens with zero attached hydrogens (tertiary/aromatic N) is 1. The number of likely N-dealkylation sites (tertiary alicyclic amines) is 1. The number of amides is 1. The highest BCUT2D eigenvalue weighted by Crippen LogP contribution is 2.31. The smallest absolute Gasteiger partial charge is 0.227 e. The molecule has 1 amide bonds. The predicted octanol–water partition coefficient (Wildman–Crippen LogP) is 1.24. The first kappa shape index (κ1) is 10.9. The number of carbonyl (C=O) groups excluding carboxylic acids is 1. The molecule has 86 valence electrons. The molecule has 0 aromatic heterocycles. The molecule has 0 aromatic carbocycles. The maximum absolute atomic E-state index is 12.4. The molecule has 15 heavy (non-hydrogen) atoms. The van der Waals surface area contributed by atoms with E-state index in [1.165, 1.54) is 0 Å². The standard InChI is InChI=1S/C12H22N2O/c1-9-7-13-8-10(9)11(15)14-6-4-5-12(14,2)3/h9-10,13H,4-8H2,1-3H3/t9-,10-/m1/s1. The number of hydrogen-bond acceptors (Lipinski definition) is 2. The van der Waals surface area contributed by atoms with Crippen molar-refractivity contribution in [1.29, 1.82) is 0 Å². The van der Waals surface area contributed by atoms with Gasteiger partial charge >= 0.3 is 0 Å². The Balaban J connectivity index is 2.07. The molecule has 2 fully saturated rings. The Labute approximate surface area is 92.2 Å². The van der Waals surface area contributed by atoms with Crippen LogP contribution in [-0.4, -0.2) is 36.0 Å². The first-order chi connectivity index (χ1) is 7.02. The summed E-state index contributed by atoms with van der Waals surface area (Å²) in [5.41, 5.74) is 0.0827. The van der Waals surface area contributed by atoms with Gasteiger partial charge in [-0.15, -0.1) is 0 Å². The molecule has 0 aliphatic carbocycles. The summed E-state index contributed by atoms with van der Waals surface area (Å²) < 4.78 is 0. The molecule has 2 aliphatic heterocycles. The van der Waals surface area contributed by atoms with E-state index < -0.39 is 0 Å². The fraction of sp³-hybridized carbons (Fsp3) is 0.917. The second-order valence-corrected chi connectivity index (χ2v) is 5.65. The van der Waals surface area contributed by atoms with Gasteiger partial charge in [0.15, 0.2) is 0 Å². The first-order valence-electron chi connectivity index (χ1n) is 6.04. The van der Waals surface area contributed by atoms with E-state index in [2.05, 4.69) is 31.0 Å². The van der Waals surface area contributed by atoms with Crippen LogP contribution in [-0.2, 0) is 4.79 Å². The molecule has 3 heteroatoms. The van der Waals surface area contributed by atoms with Crippen molar-refractivity contribution < 1.29 is 4.79 Å². The zero-order valence-electron chi connectivity index (χ0n) is 10.0. The van der Waals surface area contributed by atoms with Gasteiger partial charge in [-0.3, -0.25) is 4.79 Å². The van der Waals surface area contributed by atoms with Gasteiger partial charge in [0.25, 0.3) is 0 Å². The molecule has 0 spiro atoms. The summed E-state index contributed by atoms with van der Waals surface area (Å²) in [5.74, 6) is 1.08. The van der Waals surface area contributed by atoms with E-state index in [-0.39, 0.29) is 11.5 Å². The van der Waals surface area contributed by atoms with Gasteiger partial charge in [-0.05, 0) is 39.2 Å². The van der Waals surface area contributed by atoms with E-state index in [9.17, 15) is 4.79 Å². The third-order valence-electron chi connectivity index (χ3n) is 4.00. The van der Waals surface area contributed by atoms with Gasteiger partial charge in [0.1, 0.15) is 0 Å². The molecule has 2 rings (SSSR count). The van der Waals surface area contributed by atoms with Crippen LogP contribution in [0.15, 0.2) is 0 Å². The summed E-state index contributed by atoms with van der Waals surface area (Å²) in [4.78, 5) is 14.5. The Morgan fingerprint density at radius 3 is 2.60 bits per heavy atom. The summed E-state index contributed by atoms with van der Waals surface area (Å²) >= 11 is 0. The third kappa shape index (κ3) is 1.89. The van der Waals surface area contributed by atoms with Crippen molar-refractivity contribution in [2.75, 3.05) is 19.6 Å². The summed E-state index contributed by atoms with van der Waals surface area (Å²) in [6.07, 6.45) is 2.31. The van der Waals surface area contributed by atoms with Crippen molar-refractivity contribution in [2.24, 2.45) is 11.8 Å². The van der Waals surface area contributed by atoms with Crippen molar-refractivity contribution in [3.63, 3.8) is 0 Å². The summed E-state index contributed by atoms with van der Waals surface area (Å²) in [7, 11) is 0. The van der Waals surface area contributed by atoms with Crippen LogP contribution in [0.4, 0.5) is 0 Å². The van der Waals surface area contributed by atoms with Crippen LogP contribution in [0.5, 0.6) is 0 Å². The maximum atomic E-state index is 12.4. The average molecular weight is 210 g/mol. The Morgan fingerprint density at radius 1 is 1.40 bits per heavy atom. The van der Waals surface area contributed by atoms with E-state index >= 15 is 0 Å². The minimum atomic E-state index is 0.0827. The van der Waals surface area contributed by atoms with Crippen LogP contribution in [0.1, 0.15) is 33.6 Å². The minimum Gasteiger partial charge on any atom is -0.337 e. The molecule has 3 nitrogen and oxygen atoms in total. The van der Waals surface area contributed by atoms with E-state index in [4.69, 9.17) is 0 Å². The van der Waals surface area contributed by atoms with Crippen LogP contribution < -0.4 is 5.32 Å². The molecule has 0 bridgehead atoms. The average Bonchev–Trinajstić information content (AvgIpc) is 2.70. The molecule has 2 atom stereocenters. The van der Waals surface area contributed by atoms with Crippen molar-refractivity contribution in [3.05, 3.63) is 0 Å². The van der Waals surface area contributed by atoms with Crippen molar-refractivity contribution >= 4 is 5.91 Å². The van der Waals surface area contributed by atoms with E-state index in [0.717, 1.165) is 32.5 Å². The van der Waals surface area contributed by atoms with Crippen LogP contribution in [0.3, 0.4) is 0 Å². The summed E-state index contributed by atoms with van der Waals surface area (Å²) in [6, 6.07) is 0. The molecule has 0 unspecified atom stereocenters. The number of hydrogen-bond donors (Lipinski definition) is 1. The Bertz CT molecular complexity index is 262. The van der Waals surface area contributed by atoms with Crippen molar-refractivity contribution in [3.8, 4) is 0 Å². The highest BCUT2D eigenvalue weighted by molar-refractivity contribution is 5.80. The Morgan fingerprint density at radius 2 is 2.13 bits per heavy atom. The van der Waals surface area contributed by atoms with Crippen molar-refractivity contribution in [1.82, 2.24) is 10.2 Å². The zero-order chi connectivity index (χ0) is 11.1. The molecule has 2 saturated heterocycles. The van der Waals surface area contributed by atoms with Gasteiger partial charge in [0.2, 0.25) is 5.91 Å². The summed E-state index contributed by atoms with van der Waals surface area (Å²) in [5, 5.41) is 3.31. The number of rotatable bonds is 1. The first-order valence-corrected chi connectivity index (χ1v) is 6.04. The minimum absolute atomic E-state index is 0.0827. The lowest BCUT2D eigenvalue weighted by molar-refractivity contribution is -0.139. The van der Waals surface area contributed by atoms with E-state index in [1.54, 1.807) is 0 Å². The molecule has 2 heterocycles. The molecule has 1 N–H and O–H groups in total. The second kappa shape index (κ2) is 3.78. The fourth-order valence-corrected chi connectivity index (χ4v) is 2.86. The summed E-state index contributed by atoms with van der Waals surface area (Å²) in [6.45, 7) is 9.36. The highest BCUT2D eigenvalue weighted by atomic mass is 16.2. The molecular weight excluding hydrogens is 188 g/mol. The SMILES string of the molecule is C[C@@H]1CNC[C@H]1C(=O)N1CCCC1(C)C. The van der Waals surface area contributed by atoms with E-state index in [0.29, 0.717) is 11.8 Å². The fourth-order valence-electron chi connectivity index (χ4n) is 2.86. The highest BCUT2D eigenvalue weighted by Gasteiger charge is 2.40. The van der Waals surface area contributed by atoms with Gasteiger partial charge in [0.05, 0.1) is 5.92 Å². The van der Waals surface area contributed by atoms with Gasteiger partial charge < -0.3 is 10.2 Å². The Hall–Kier alpha value is -0.570. The zero-order valence-corrected chi connectivity index (χ0v) is 10.0. The topological polar surface area (TPSA) is 32.3 Å². The molecule has 0 radical (unpaired) electrons. The van der Waals surface area contributed by atoms with Gasteiger partial charge in [0, 0.05) is 18.6 Å². The molecular formula is C12H22N2O. The van der Waals surface area contributed by atoms with Gasteiger partial charge in [-0.2, -0.15) is 0 Å². The van der Waals surface area contributed by atoms with Crippen LogP contribution in [0.2, 0.25) is 0 Å². The molecule has 0 aromatic rings. The maximum Gasteiger partial charge on any atom is 0.227 e. The lowest BCUT2D eigenvalue weighted by atomic mass is 9.94. The largest absolute Gasteiger partial charge is 0.337 e. The number of carbonyl (C=O) groups is 1.